The summed E-state index contributed by atoms with van der Waals surface area (Å²) in [5.74, 6) is 0.855. The van der Waals surface area contributed by atoms with Gasteiger partial charge in [-0.25, -0.2) is 0 Å². The zero-order valence-electron chi connectivity index (χ0n) is 11.3. The third-order valence-corrected chi connectivity index (χ3v) is 4.62. The highest BCUT2D eigenvalue weighted by Gasteiger charge is 2.46. The van der Waals surface area contributed by atoms with Crippen molar-refractivity contribution in [2.24, 2.45) is 11.3 Å². The fraction of sp³-hybridized carbons (Fsp3) is 1.00. The SMILES string of the molecule is CC(C)C[N+]1(C)CCC2(CCCCC2)C1.[I-]. The average Bonchev–Trinajstić information content (AvgIpc) is 2.43. The molecule has 2 heteroatoms. The van der Waals surface area contributed by atoms with Crippen LogP contribution < -0.4 is 24.0 Å². The van der Waals surface area contributed by atoms with E-state index in [1.165, 1.54) is 62.6 Å². The largest absolute Gasteiger partial charge is 1.00 e. The minimum atomic E-state index is 0. The Morgan fingerprint density at radius 1 is 1.06 bits per heavy atom. The Morgan fingerprint density at radius 2 is 1.69 bits per heavy atom. The van der Waals surface area contributed by atoms with Crippen LogP contribution in [0.2, 0.25) is 0 Å². The van der Waals surface area contributed by atoms with Gasteiger partial charge in [-0.3, -0.25) is 0 Å². The predicted octanol–water partition coefficient (Wildman–Crippen LogP) is 0.447. The Bertz CT molecular complexity index is 221. The molecule has 0 aromatic heterocycles. The molecule has 1 saturated carbocycles. The summed E-state index contributed by atoms with van der Waals surface area (Å²) in [6, 6.07) is 0. The van der Waals surface area contributed by atoms with Crippen molar-refractivity contribution < 1.29 is 28.5 Å². The van der Waals surface area contributed by atoms with Crippen molar-refractivity contribution >= 4 is 0 Å². The van der Waals surface area contributed by atoms with Crippen LogP contribution in [0.5, 0.6) is 0 Å². The van der Waals surface area contributed by atoms with Gasteiger partial charge in [0.05, 0.1) is 26.7 Å². The van der Waals surface area contributed by atoms with Crippen molar-refractivity contribution in [3.63, 3.8) is 0 Å². The van der Waals surface area contributed by atoms with E-state index in [9.17, 15) is 0 Å². The summed E-state index contributed by atoms with van der Waals surface area (Å²) in [7, 11) is 2.49. The van der Waals surface area contributed by atoms with E-state index >= 15 is 0 Å². The molecule has 1 aliphatic carbocycles. The Labute approximate surface area is 119 Å². The van der Waals surface area contributed by atoms with Gasteiger partial charge in [0.1, 0.15) is 0 Å². The lowest BCUT2D eigenvalue weighted by atomic mass is 9.73. The smallest absolute Gasteiger partial charge is 0.0843 e. The molecule has 2 aliphatic rings. The van der Waals surface area contributed by atoms with Gasteiger partial charge in [-0.1, -0.05) is 33.1 Å². The highest BCUT2D eigenvalue weighted by Crippen LogP contribution is 2.45. The lowest BCUT2D eigenvalue weighted by molar-refractivity contribution is -0.903. The van der Waals surface area contributed by atoms with Crippen LogP contribution in [-0.2, 0) is 0 Å². The summed E-state index contributed by atoms with van der Waals surface area (Å²) in [6.07, 6.45) is 9.06. The molecular formula is C14H28IN. The van der Waals surface area contributed by atoms with E-state index in [4.69, 9.17) is 0 Å². The van der Waals surface area contributed by atoms with Gasteiger partial charge in [0.2, 0.25) is 0 Å². The van der Waals surface area contributed by atoms with E-state index in [0.29, 0.717) is 0 Å². The Kier molecular flexibility index (Phi) is 5.12. The maximum atomic E-state index is 2.49. The lowest BCUT2D eigenvalue weighted by Crippen LogP contribution is -3.00. The second-order valence-electron chi connectivity index (χ2n) is 6.89. The summed E-state index contributed by atoms with van der Waals surface area (Å²) >= 11 is 0. The number of hydrogen-bond donors (Lipinski definition) is 0. The highest BCUT2D eigenvalue weighted by atomic mass is 127. The van der Waals surface area contributed by atoms with E-state index in [-0.39, 0.29) is 24.0 Å². The molecule has 16 heavy (non-hydrogen) atoms. The fourth-order valence-electron chi connectivity index (χ4n) is 4.22. The molecule has 1 aliphatic heterocycles. The molecule has 0 N–H and O–H groups in total. The number of hydrogen-bond acceptors (Lipinski definition) is 0. The summed E-state index contributed by atoms with van der Waals surface area (Å²) in [5, 5.41) is 0. The van der Waals surface area contributed by atoms with Crippen molar-refractivity contribution in [3.05, 3.63) is 0 Å². The molecule has 1 heterocycles. The van der Waals surface area contributed by atoms with E-state index in [1.54, 1.807) is 0 Å². The maximum absolute atomic E-state index is 2.49. The van der Waals surface area contributed by atoms with Gasteiger partial charge in [-0.2, -0.15) is 0 Å². The van der Waals surface area contributed by atoms with Gasteiger partial charge in [0.25, 0.3) is 0 Å². The summed E-state index contributed by atoms with van der Waals surface area (Å²) < 4.78 is 1.36. The van der Waals surface area contributed by atoms with Gasteiger partial charge >= 0.3 is 0 Å². The van der Waals surface area contributed by atoms with E-state index in [0.717, 1.165) is 11.3 Å². The topological polar surface area (TPSA) is 0 Å². The van der Waals surface area contributed by atoms with Gasteiger partial charge < -0.3 is 28.5 Å². The molecule has 2 fully saturated rings. The number of nitrogens with zero attached hydrogens (tertiary/aromatic N) is 1. The molecule has 0 aromatic rings. The second-order valence-corrected chi connectivity index (χ2v) is 6.89. The quantitative estimate of drug-likeness (QED) is 0.507. The molecule has 0 aromatic carbocycles. The van der Waals surface area contributed by atoms with Gasteiger partial charge in [0.15, 0.2) is 0 Å². The molecule has 1 atom stereocenters. The highest BCUT2D eigenvalue weighted by molar-refractivity contribution is 4.86. The molecule has 96 valence electrons. The average molecular weight is 337 g/mol. The minimum absolute atomic E-state index is 0. The van der Waals surface area contributed by atoms with Crippen molar-refractivity contribution in [3.8, 4) is 0 Å². The van der Waals surface area contributed by atoms with Crippen molar-refractivity contribution in [2.45, 2.75) is 52.4 Å². The number of halogens is 1. The fourth-order valence-corrected chi connectivity index (χ4v) is 4.22. The molecule has 2 rings (SSSR count). The van der Waals surface area contributed by atoms with E-state index < -0.39 is 0 Å². The molecule has 1 nitrogen and oxygen atoms in total. The van der Waals surface area contributed by atoms with Crippen LogP contribution in [0.25, 0.3) is 0 Å². The Hall–Kier alpha value is 0.690. The van der Waals surface area contributed by atoms with Crippen molar-refractivity contribution in [1.29, 1.82) is 0 Å². The Balaban J connectivity index is 0.00000128. The zero-order valence-corrected chi connectivity index (χ0v) is 13.4. The normalized spacial score (nSPS) is 33.0. The molecule has 1 unspecified atom stereocenters. The van der Waals surface area contributed by atoms with Gasteiger partial charge in [0, 0.05) is 17.8 Å². The minimum Gasteiger partial charge on any atom is -1.00 e. The molecule has 0 bridgehead atoms. The van der Waals surface area contributed by atoms with Crippen LogP contribution in [-0.4, -0.2) is 31.2 Å². The van der Waals surface area contributed by atoms with Gasteiger partial charge in [-0.15, -0.1) is 0 Å². The molecule has 0 amide bonds. The first-order valence-electron chi connectivity index (χ1n) is 6.87. The third kappa shape index (κ3) is 3.34. The van der Waals surface area contributed by atoms with Crippen LogP contribution in [0.1, 0.15) is 52.4 Å². The lowest BCUT2D eigenvalue weighted by Gasteiger charge is -2.36. The molecular weight excluding hydrogens is 309 g/mol. The summed E-state index contributed by atoms with van der Waals surface area (Å²) in [5.41, 5.74) is 0.766. The van der Waals surface area contributed by atoms with Crippen LogP contribution >= 0.6 is 0 Å². The first-order valence-corrected chi connectivity index (χ1v) is 6.87. The number of quaternary nitrogens is 1. The van der Waals surface area contributed by atoms with E-state index in [2.05, 4.69) is 20.9 Å². The second kappa shape index (κ2) is 5.55. The number of likely N-dealkylation sites (tertiary alicyclic amines) is 1. The Morgan fingerprint density at radius 3 is 2.25 bits per heavy atom. The zero-order chi connectivity index (χ0) is 10.9. The van der Waals surface area contributed by atoms with Gasteiger partial charge in [-0.05, 0) is 12.8 Å². The maximum Gasteiger partial charge on any atom is 0.0843 e. The number of rotatable bonds is 2. The van der Waals surface area contributed by atoms with Crippen LogP contribution in [0.15, 0.2) is 0 Å². The van der Waals surface area contributed by atoms with Crippen molar-refractivity contribution in [1.82, 2.24) is 0 Å². The van der Waals surface area contributed by atoms with Crippen LogP contribution in [0.4, 0.5) is 0 Å². The van der Waals surface area contributed by atoms with E-state index in [1.807, 2.05) is 0 Å². The van der Waals surface area contributed by atoms with Crippen LogP contribution in [0, 0.1) is 11.3 Å². The van der Waals surface area contributed by atoms with Crippen molar-refractivity contribution in [2.75, 3.05) is 26.7 Å². The molecule has 1 saturated heterocycles. The molecule has 1 spiro atoms. The first-order chi connectivity index (χ1) is 7.04. The van der Waals surface area contributed by atoms with Crippen LogP contribution in [0.3, 0.4) is 0 Å². The first kappa shape index (κ1) is 14.7. The predicted molar refractivity (Wildman–Crippen MR) is 65.8 cm³/mol. The third-order valence-electron chi connectivity index (χ3n) is 4.62. The molecule has 0 radical (unpaired) electrons. The standard InChI is InChI=1S/C14H28N.HI/c1-13(2)11-15(3)10-9-14(12-15)7-5-4-6-8-14;/h13H,4-12H2,1-3H3;1H/q+1;/p-1. The summed E-state index contributed by atoms with van der Waals surface area (Å²) in [6.45, 7) is 9.05. The monoisotopic (exact) mass is 337 g/mol. The summed E-state index contributed by atoms with van der Waals surface area (Å²) in [4.78, 5) is 0.